The van der Waals surface area contributed by atoms with E-state index in [1.54, 1.807) is 25.7 Å². The molecule has 0 heteroatoms. The molecule has 0 nitrogen and oxygen atoms in total. The van der Waals surface area contributed by atoms with Crippen LogP contribution in [0.15, 0.2) is 0 Å². The molecule has 0 heterocycles. The lowest BCUT2D eigenvalue weighted by atomic mass is 9.76. The molecule has 0 bridgehead atoms. The van der Waals surface area contributed by atoms with E-state index in [1.807, 2.05) is 0 Å². The van der Waals surface area contributed by atoms with Crippen LogP contribution in [0.1, 0.15) is 181 Å². The third-order valence-electron chi connectivity index (χ3n) is 7.79. The van der Waals surface area contributed by atoms with Crippen LogP contribution >= 0.6 is 0 Å². The zero-order valence-corrected chi connectivity index (χ0v) is 20.9. The Morgan fingerprint density at radius 1 is 0.379 bits per heavy atom. The number of unbranched alkanes of at least 4 members (excludes halogenated alkanes) is 18. The summed E-state index contributed by atoms with van der Waals surface area (Å²) in [6.45, 7) is 4.63. The summed E-state index contributed by atoms with van der Waals surface area (Å²) in [4.78, 5) is 0. The van der Waals surface area contributed by atoms with Crippen molar-refractivity contribution >= 4 is 0 Å². The Bertz CT molecular complexity index is 286. The van der Waals surface area contributed by atoms with Gasteiger partial charge in [0.15, 0.2) is 0 Å². The highest BCUT2D eigenvalue weighted by molar-refractivity contribution is 4.84. The fourth-order valence-corrected chi connectivity index (χ4v) is 5.72. The summed E-state index contributed by atoms with van der Waals surface area (Å²) in [5.74, 6) is 0. The van der Waals surface area contributed by atoms with Crippen molar-refractivity contribution in [1.29, 1.82) is 0 Å². The van der Waals surface area contributed by atoms with E-state index in [4.69, 9.17) is 0 Å². The summed E-state index contributed by atoms with van der Waals surface area (Å²) < 4.78 is 0. The van der Waals surface area contributed by atoms with E-state index in [1.165, 1.54) is 141 Å². The lowest BCUT2D eigenvalue weighted by Gasteiger charge is -2.29. The van der Waals surface area contributed by atoms with Crippen molar-refractivity contribution in [2.75, 3.05) is 0 Å². The van der Waals surface area contributed by atoms with Crippen LogP contribution in [-0.2, 0) is 0 Å². The second-order valence-electron chi connectivity index (χ2n) is 10.6. The monoisotopic (exact) mass is 406 g/mol. The normalized spacial score (nSPS) is 15.9. The first-order chi connectivity index (χ1) is 14.3. The Morgan fingerprint density at radius 3 is 0.966 bits per heavy atom. The number of hydrogen-bond acceptors (Lipinski definition) is 0. The molecule has 29 heavy (non-hydrogen) atoms. The van der Waals surface area contributed by atoms with Gasteiger partial charge in [-0.2, -0.15) is 0 Å². The van der Waals surface area contributed by atoms with Gasteiger partial charge in [-0.1, -0.05) is 155 Å². The minimum atomic E-state index is 0.778. The maximum Gasteiger partial charge on any atom is -0.0297 e. The van der Waals surface area contributed by atoms with Gasteiger partial charge in [0.05, 0.1) is 0 Å². The molecule has 0 atom stereocenters. The maximum absolute atomic E-state index is 2.31. The zero-order valence-electron chi connectivity index (χ0n) is 20.9. The smallest absolute Gasteiger partial charge is 0.0297 e. The molecule has 0 aliphatic heterocycles. The SMILES string of the molecule is CCCCCCCCCCCCC1(CCCCCCCCCCCC)CCCC1. The van der Waals surface area contributed by atoms with Crippen molar-refractivity contribution in [2.24, 2.45) is 5.41 Å². The molecule has 174 valence electrons. The number of rotatable bonds is 22. The molecule has 0 spiro atoms. The summed E-state index contributed by atoms with van der Waals surface area (Å²) in [7, 11) is 0. The molecule has 0 N–H and O–H groups in total. The highest BCUT2D eigenvalue weighted by atomic mass is 14.4. The van der Waals surface area contributed by atoms with Crippen molar-refractivity contribution in [2.45, 2.75) is 181 Å². The predicted octanol–water partition coefficient (Wildman–Crippen LogP) is 11.2. The van der Waals surface area contributed by atoms with Gasteiger partial charge in [0, 0.05) is 0 Å². The summed E-state index contributed by atoms with van der Waals surface area (Å²) in [6.07, 6.45) is 38.8. The molecule has 0 unspecified atom stereocenters. The molecule has 1 fully saturated rings. The van der Waals surface area contributed by atoms with Crippen molar-refractivity contribution < 1.29 is 0 Å². The fraction of sp³-hybridized carbons (Fsp3) is 1.00. The Morgan fingerprint density at radius 2 is 0.655 bits per heavy atom. The van der Waals surface area contributed by atoms with Gasteiger partial charge in [0.2, 0.25) is 0 Å². The van der Waals surface area contributed by atoms with Gasteiger partial charge in [-0.25, -0.2) is 0 Å². The van der Waals surface area contributed by atoms with E-state index in [-0.39, 0.29) is 0 Å². The van der Waals surface area contributed by atoms with E-state index in [9.17, 15) is 0 Å². The van der Waals surface area contributed by atoms with E-state index in [2.05, 4.69) is 13.8 Å². The van der Waals surface area contributed by atoms with E-state index < -0.39 is 0 Å². The lowest BCUT2D eigenvalue weighted by molar-refractivity contribution is 0.229. The summed E-state index contributed by atoms with van der Waals surface area (Å²) in [6, 6.07) is 0. The van der Waals surface area contributed by atoms with Crippen LogP contribution in [0.4, 0.5) is 0 Å². The van der Waals surface area contributed by atoms with E-state index in [0.717, 1.165) is 5.41 Å². The fourth-order valence-electron chi connectivity index (χ4n) is 5.72. The molecule has 1 aliphatic carbocycles. The molecule has 1 saturated carbocycles. The second kappa shape index (κ2) is 19.9. The Balaban J connectivity index is 1.95. The van der Waals surface area contributed by atoms with Gasteiger partial charge in [0.1, 0.15) is 0 Å². The Kier molecular flexibility index (Phi) is 18.6. The van der Waals surface area contributed by atoms with Gasteiger partial charge >= 0.3 is 0 Å². The molecular weight excluding hydrogens is 348 g/mol. The molecule has 0 saturated heterocycles. The highest BCUT2D eigenvalue weighted by Crippen LogP contribution is 2.46. The van der Waals surface area contributed by atoms with Gasteiger partial charge in [-0.15, -0.1) is 0 Å². The number of hydrogen-bond donors (Lipinski definition) is 0. The lowest BCUT2D eigenvalue weighted by Crippen LogP contribution is -2.16. The summed E-state index contributed by atoms with van der Waals surface area (Å²) in [5.41, 5.74) is 0.778. The first-order valence-electron chi connectivity index (χ1n) is 14.3. The molecule has 0 radical (unpaired) electrons. The van der Waals surface area contributed by atoms with Crippen LogP contribution in [0.2, 0.25) is 0 Å². The average Bonchev–Trinajstić information content (AvgIpc) is 3.20. The maximum atomic E-state index is 2.31. The molecule has 1 rings (SSSR count). The van der Waals surface area contributed by atoms with Crippen molar-refractivity contribution in [3.8, 4) is 0 Å². The topological polar surface area (TPSA) is 0 Å². The molecule has 0 aromatic rings. The van der Waals surface area contributed by atoms with Gasteiger partial charge < -0.3 is 0 Å². The molecule has 0 aromatic carbocycles. The standard InChI is InChI=1S/C29H58/c1-3-5-7-9-11-13-15-17-19-21-25-29(27-23-24-28-29)26-22-20-18-16-14-12-10-8-6-4-2/h3-28H2,1-2H3. The van der Waals surface area contributed by atoms with E-state index >= 15 is 0 Å². The quantitative estimate of drug-likeness (QED) is 0.157. The van der Waals surface area contributed by atoms with Crippen LogP contribution < -0.4 is 0 Å². The average molecular weight is 407 g/mol. The zero-order chi connectivity index (χ0) is 20.9. The van der Waals surface area contributed by atoms with Crippen molar-refractivity contribution in [3.05, 3.63) is 0 Å². The van der Waals surface area contributed by atoms with Gasteiger partial charge in [-0.3, -0.25) is 0 Å². The summed E-state index contributed by atoms with van der Waals surface area (Å²) in [5, 5.41) is 0. The van der Waals surface area contributed by atoms with Crippen LogP contribution in [0, 0.1) is 5.41 Å². The molecule has 0 aromatic heterocycles. The third-order valence-corrected chi connectivity index (χ3v) is 7.79. The van der Waals surface area contributed by atoms with Crippen LogP contribution in [0.25, 0.3) is 0 Å². The highest BCUT2D eigenvalue weighted by Gasteiger charge is 2.32. The molecule has 0 amide bonds. The molecular formula is C29H58. The third kappa shape index (κ3) is 15.5. The predicted molar refractivity (Wildman–Crippen MR) is 134 cm³/mol. The largest absolute Gasteiger partial charge is 0.0654 e. The van der Waals surface area contributed by atoms with Crippen LogP contribution in [0.3, 0.4) is 0 Å². The first kappa shape index (κ1) is 27.0. The second-order valence-corrected chi connectivity index (χ2v) is 10.6. The van der Waals surface area contributed by atoms with Crippen LogP contribution in [-0.4, -0.2) is 0 Å². The van der Waals surface area contributed by atoms with Gasteiger partial charge in [0.25, 0.3) is 0 Å². The Labute approximate surface area is 186 Å². The minimum Gasteiger partial charge on any atom is -0.0654 e. The minimum absolute atomic E-state index is 0.778. The Hall–Kier alpha value is 0. The van der Waals surface area contributed by atoms with Gasteiger partial charge in [-0.05, 0) is 31.1 Å². The summed E-state index contributed by atoms with van der Waals surface area (Å²) >= 11 is 0. The first-order valence-corrected chi connectivity index (χ1v) is 14.3. The van der Waals surface area contributed by atoms with E-state index in [0.29, 0.717) is 0 Å². The van der Waals surface area contributed by atoms with Crippen molar-refractivity contribution in [1.82, 2.24) is 0 Å². The van der Waals surface area contributed by atoms with Crippen LogP contribution in [0.5, 0.6) is 0 Å². The molecule has 1 aliphatic rings. The van der Waals surface area contributed by atoms with Crippen molar-refractivity contribution in [3.63, 3.8) is 0 Å².